The van der Waals surface area contributed by atoms with Crippen molar-refractivity contribution in [3.8, 4) is 5.75 Å². The topological polar surface area (TPSA) is 47.0 Å². The van der Waals surface area contributed by atoms with Gasteiger partial charge in [-0.05, 0) is 31.9 Å². The molecule has 1 saturated carbocycles. The van der Waals surface area contributed by atoms with E-state index in [1.807, 2.05) is 31.2 Å². The summed E-state index contributed by atoms with van der Waals surface area (Å²) < 4.78 is 5.34. The van der Waals surface area contributed by atoms with Crippen LogP contribution in [-0.2, 0) is 0 Å². The first-order chi connectivity index (χ1) is 9.69. The van der Waals surface area contributed by atoms with Gasteiger partial charge in [0.15, 0.2) is 0 Å². The number of rotatable bonds is 4. The van der Waals surface area contributed by atoms with Crippen molar-refractivity contribution < 1.29 is 4.74 Å². The minimum absolute atomic E-state index is 0.464. The summed E-state index contributed by atoms with van der Waals surface area (Å²) in [5, 5.41) is 3.81. The smallest absolute Gasteiger partial charge is 0.142 e. The molecule has 20 heavy (non-hydrogen) atoms. The highest BCUT2D eigenvalue weighted by Gasteiger charge is 2.28. The number of hydrogen-bond donors (Lipinski definition) is 1. The van der Waals surface area contributed by atoms with Gasteiger partial charge in [-0.1, -0.05) is 23.7 Å². The zero-order chi connectivity index (χ0) is 14.1. The Hall–Kier alpha value is -1.81. The first kappa shape index (κ1) is 13.2. The first-order valence-corrected chi connectivity index (χ1v) is 7.01. The van der Waals surface area contributed by atoms with Gasteiger partial charge in [-0.3, -0.25) is 0 Å². The highest BCUT2D eigenvalue weighted by atomic mass is 35.5. The molecule has 1 aliphatic carbocycles. The van der Waals surface area contributed by atoms with Crippen LogP contribution in [0, 0.1) is 6.92 Å². The third-order valence-corrected chi connectivity index (χ3v) is 3.77. The summed E-state index contributed by atoms with van der Waals surface area (Å²) in [5.41, 5.74) is 1.72. The van der Waals surface area contributed by atoms with Crippen molar-refractivity contribution >= 4 is 23.1 Å². The maximum absolute atomic E-state index is 6.21. The van der Waals surface area contributed by atoms with Gasteiger partial charge >= 0.3 is 0 Å². The molecule has 0 bridgehead atoms. The molecule has 0 unspecified atom stereocenters. The summed E-state index contributed by atoms with van der Waals surface area (Å²) >= 11 is 6.21. The van der Waals surface area contributed by atoms with E-state index in [4.69, 9.17) is 16.3 Å². The molecule has 0 amide bonds. The normalized spacial score (nSPS) is 14.2. The summed E-state index contributed by atoms with van der Waals surface area (Å²) in [4.78, 5) is 8.97. The average molecular weight is 290 g/mol. The van der Waals surface area contributed by atoms with E-state index in [1.54, 1.807) is 7.11 Å². The lowest BCUT2D eigenvalue weighted by molar-refractivity contribution is 0.417. The van der Waals surface area contributed by atoms with Crippen molar-refractivity contribution in [1.82, 2.24) is 9.97 Å². The molecule has 1 aromatic carbocycles. The van der Waals surface area contributed by atoms with Crippen LogP contribution in [0.4, 0.5) is 11.5 Å². The minimum atomic E-state index is 0.464. The predicted octanol–water partition coefficient (Wildman–Crippen LogP) is 4.07. The Balaban J connectivity index is 1.97. The molecular weight excluding hydrogens is 274 g/mol. The highest BCUT2D eigenvalue weighted by Crippen LogP contribution is 2.40. The van der Waals surface area contributed by atoms with E-state index >= 15 is 0 Å². The van der Waals surface area contributed by atoms with Crippen molar-refractivity contribution in [2.45, 2.75) is 25.7 Å². The summed E-state index contributed by atoms with van der Waals surface area (Å²) in [7, 11) is 1.65. The van der Waals surface area contributed by atoms with Crippen LogP contribution < -0.4 is 10.1 Å². The summed E-state index contributed by atoms with van der Waals surface area (Å²) in [6.45, 7) is 1.91. The second kappa shape index (κ2) is 5.29. The van der Waals surface area contributed by atoms with Gasteiger partial charge in [-0.25, -0.2) is 9.97 Å². The lowest BCUT2D eigenvalue weighted by Gasteiger charge is -2.13. The molecule has 0 atom stereocenters. The lowest BCUT2D eigenvalue weighted by atomic mass is 10.2. The van der Waals surface area contributed by atoms with E-state index in [0.717, 1.165) is 41.5 Å². The van der Waals surface area contributed by atoms with Crippen LogP contribution in [0.1, 0.15) is 30.1 Å². The van der Waals surface area contributed by atoms with E-state index in [1.165, 1.54) is 0 Å². The lowest BCUT2D eigenvalue weighted by Crippen LogP contribution is -2.04. The molecule has 0 radical (unpaired) electrons. The number of anilines is 2. The Morgan fingerprint density at radius 1 is 1.25 bits per heavy atom. The zero-order valence-corrected chi connectivity index (χ0v) is 12.2. The third kappa shape index (κ3) is 2.56. The molecule has 5 heteroatoms. The number of halogens is 1. The van der Waals surface area contributed by atoms with Gasteiger partial charge < -0.3 is 10.1 Å². The molecule has 0 spiro atoms. The number of nitrogens with zero attached hydrogens (tertiary/aromatic N) is 2. The molecule has 2 aromatic rings. The van der Waals surface area contributed by atoms with Gasteiger partial charge in [0.05, 0.1) is 12.8 Å². The third-order valence-electron chi connectivity index (χ3n) is 3.41. The standard InChI is InChI=1S/C15H16ClN3O/c1-9-13(16)18-15(10-7-8-10)19-14(9)17-11-5-3-4-6-12(11)20-2/h3-6,10H,7-8H2,1-2H3,(H,17,18,19). The van der Waals surface area contributed by atoms with Crippen molar-refractivity contribution in [2.24, 2.45) is 0 Å². The minimum Gasteiger partial charge on any atom is -0.495 e. The quantitative estimate of drug-likeness (QED) is 0.862. The predicted molar refractivity (Wildman–Crippen MR) is 80.0 cm³/mol. The molecule has 0 aliphatic heterocycles. The van der Waals surface area contributed by atoms with Crippen LogP contribution in [0.2, 0.25) is 5.15 Å². The maximum Gasteiger partial charge on any atom is 0.142 e. The van der Waals surface area contributed by atoms with Gasteiger partial charge in [0.25, 0.3) is 0 Å². The van der Waals surface area contributed by atoms with Crippen LogP contribution in [0.3, 0.4) is 0 Å². The van der Waals surface area contributed by atoms with Gasteiger partial charge in [0, 0.05) is 11.5 Å². The summed E-state index contributed by atoms with van der Waals surface area (Å²) in [5.74, 6) is 2.82. The van der Waals surface area contributed by atoms with Crippen LogP contribution in [0.15, 0.2) is 24.3 Å². The number of benzene rings is 1. The summed E-state index contributed by atoms with van der Waals surface area (Å²) in [6, 6.07) is 7.73. The van der Waals surface area contributed by atoms with Crippen molar-refractivity contribution in [1.29, 1.82) is 0 Å². The molecule has 4 nitrogen and oxygen atoms in total. The molecule has 3 rings (SSSR count). The Morgan fingerprint density at radius 3 is 2.70 bits per heavy atom. The van der Waals surface area contributed by atoms with Crippen LogP contribution in [0.5, 0.6) is 5.75 Å². The fourth-order valence-electron chi connectivity index (χ4n) is 2.03. The Labute approximate surface area is 123 Å². The molecule has 0 saturated heterocycles. The first-order valence-electron chi connectivity index (χ1n) is 6.63. The molecule has 1 N–H and O–H groups in total. The van der Waals surface area contributed by atoms with Crippen molar-refractivity contribution in [3.05, 3.63) is 40.8 Å². The monoisotopic (exact) mass is 289 g/mol. The van der Waals surface area contributed by atoms with Crippen LogP contribution >= 0.6 is 11.6 Å². The molecular formula is C15H16ClN3O. The largest absolute Gasteiger partial charge is 0.495 e. The fourth-order valence-corrected chi connectivity index (χ4v) is 2.20. The Morgan fingerprint density at radius 2 is 2.00 bits per heavy atom. The zero-order valence-electron chi connectivity index (χ0n) is 11.5. The summed E-state index contributed by atoms with van der Waals surface area (Å²) in [6.07, 6.45) is 2.29. The number of nitrogens with one attached hydrogen (secondary N) is 1. The van der Waals surface area contributed by atoms with E-state index in [0.29, 0.717) is 11.1 Å². The number of para-hydroxylation sites is 2. The molecule has 1 fully saturated rings. The SMILES string of the molecule is COc1ccccc1Nc1nc(C2CC2)nc(Cl)c1C. The maximum atomic E-state index is 6.21. The van der Waals surface area contributed by atoms with E-state index in [2.05, 4.69) is 15.3 Å². The van der Waals surface area contributed by atoms with Crippen molar-refractivity contribution in [3.63, 3.8) is 0 Å². The fraction of sp³-hybridized carbons (Fsp3) is 0.333. The second-order valence-electron chi connectivity index (χ2n) is 4.95. The van der Waals surface area contributed by atoms with Gasteiger partial charge in [0.1, 0.15) is 22.5 Å². The van der Waals surface area contributed by atoms with Crippen molar-refractivity contribution in [2.75, 3.05) is 12.4 Å². The highest BCUT2D eigenvalue weighted by molar-refractivity contribution is 6.30. The van der Waals surface area contributed by atoms with Crippen LogP contribution in [0.25, 0.3) is 0 Å². The number of methoxy groups -OCH3 is 1. The second-order valence-corrected chi connectivity index (χ2v) is 5.30. The number of ether oxygens (including phenoxy) is 1. The van der Waals surface area contributed by atoms with E-state index in [9.17, 15) is 0 Å². The molecule has 104 valence electrons. The van der Waals surface area contributed by atoms with E-state index in [-0.39, 0.29) is 0 Å². The molecule has 1 aromatic heterocycles. The van der Waals surface area contributed by atoms with Crippen LogP contribution in [-0.4, -0.2) is 17.1 Å². The van der Waals surface area contributed by atoms with Gasteiger partial charge in [-0.15, -0.1) is 0 Å². The van der Waals surface area contributed by atoms with Gasteiger partial charge in [0.2, 0.25) is 0 Å². The number of hydrogen-bond acceptors (Lipinski definition) is 4. The Kier molecular flexibility index (Phi) is 3.49. The molecule has 1 aliphatic rings. The van der Waals surface area contributed by atoms with Gasteiger partial charge in [-0.2, -0.15) is 0 Å². The van der Waals surface area contributed by atoms with E-state index < -0.39 is 0 Å². The Bertz CT molecular complexity index is 641. The average Bonchev–Trinajstić information content (AvgIpc) is 3.28. The number of aromatic nitrogens is 2. The molecule has 1 heterocycles.